The van der Waals surface area contributed by atoms with E-state index in [1.807, 2.05) is 48.5 Å². The molecular weight excluding hydrogens is 507 g/mol. The average Bonchev–Trinajstić information content (AvgIpc) is 3.31. The van der Waals surface area contributed by atoms with E-state index in [9.17, 15) is 4.79 Å². The Kier molecular flexibility index (Phi) is 10.6. The second kappa shape index (κ2) is 13.2. The van der Waals surface area contributed by atoms with Crippen molar-refractivity contribution >= 4 is 35.8 Å². The van der Waals surface area contributed by atoms with Crippen LogP contribution in [0, 0.1) is 0 Å². The van der Waals surface area contributed by atoms with E-state index < -0.39 is 0 Å². The smallest absolute Gasteiger partial charge is 0.251 e. The van der Waals surface area contributed by atoms with Crippen LogP contribution in [0.4, 0.5) is 0 Å². The molecule has 1 atom stereocenters. The van der Waals surface area contributed by atoms with Crippen molar-refractivity contribution in [2.24, 2.45) is 4.99 Å². The summed E-state index contributed by atoms with van der Waals surface area (Å²) in [6.45, 7) is 2.53. The van der Waals surface area contributed by atoms with E-state index in [4.69, 9.17) is 9.47 Å². The van der Waals surface area contributed by atoms with Gasteiger partial charge in [-0.1, -0.05) is 24.3 Å². The number of methoxy groups -OCH3 is 1. The summed E-state index contributed by atoms with van der Waals surface area (Å²) in [5.41, 5.74) is 2.75. The molecule has 2 aromatic carbocycles. The van der Waals surface area contributed by atoms with E-state index in [1.165, 1.54) is 0 Å². The zero-order valence-electron chi connectivity index (χ0n) is 18.0. The Bertz CT molecular complexity index is 869. The van der Waals surface area contributed by atoms with Gasteiger partial charge in [0.25, 0.3) is 5.91 Å². The molecular formula is C23H31IN4O3. The maximum Gasteiger partial charge on any atom is 0.251 e. The van der Waals surface area contributed by atoms with Crippen molar-refractivity contribution < 1.29 is 14.3 Å². The minimum absolute atomic E-state index is 0. The van der Waals surface area contributed by atoms with E-state index >= 15 is 0 Å². The van der Waals surface area contributed by atoms with Crippen LogP contribution in [-0.2, 0) is 17.8 Å². The van der Waals surface area contributed by atoms with E-state index in [-0.39, 0.29) is 36.0 Å². The number of hydrogen-bond donors (Lipinski definition) is 3. The first-order chi connectivity index (χ1) is 14.7. The average molecular weight is 538 g/mol. The lowest BCUT2D eigenvalue weighted by molar-refractivity contribution is 0.0857. The second-order valence-corrected chi connectivity index (χ2v) is 7.18. The highest BCUT2D eigenvalue weighted by molar-refractivity contribution is 14.0. The summed E-state index contributed by atoms with van der Waals surface area (Å²) in [6, 6.07) is 15.5. The number of rotatable bonds is 8. The fraction of sp³-hybridized carbons (Fsp3) is 0.391. The number of benzene rings is 2. The Morgan fingerprint density at radius 3 is 2.45 bits per heavy atom. The molecule has 1 saturated heterocycles. The van der Waals surface area contributed by atoms with E-state index in [0.717, 1.165) is 36.3 Å². The number of nitrogens with zero attached hydrogens (tertiary/aromatic N) is 1. The molecule has 2 aromatic rings. The van der Waals surface area contributed by atoms with E-state index in [1.54, 1.807) is 14.2 Å². The molecule has 1 unspecified atom stereocenters. The zero-order valence-corrected chi connectivity index (χ0v) is 20.3. The molecule has 0 bridgehead atoms. The van der Waals surface area contributed by atoms with Crippen LogP contribution in [-0.4, -0.2) is 45.3 Å². The third-order valence-corrected chi connectivity index (χ3v) is 4.98. The number of aliphatic imine (C=N–C) groups is 1. The largest absolute Gasteiger partial charge is 0.497 e. The van der Waals surface area contributed by atoms with Gasteiger partial charge >= 0.3 is 0 Å². The van der Waals surface area contributed by atoms with Crippen LogP contribution < -0.4 is 20.7 Å². The number of halogens is 1. The standard InChI is InChI=1S/C23H30N4O3.HI/c1-24-23(27-15-18-7-4-9-20(13-18)29-2)26-14-17-6-3-8-19(12-17)22(28)25-16-21-10-5-11-30-21;/h3-4,6-9,12-13,21H,5,10-11,14-16H2,1-2H3,(H,25,28)(H2,24,26,27);1H. The van der Waals surface area contributed by atoms with Crippen LogP contribution in [0.3, 0.4) is 0 Å². The summed E-state index contributed by atoms with van der Waals surface area (Å²) >= 11 is 0. The number of amides is 1. The van der Waals surface area contributed by atoms with Crippen LogP contribution in [0.25, 0.3) is 0 Å². The highest BCUT2D eigenvalue weighted by atomic mass is 127. The Hall–Kier alpha value is -2.33. The highest BCUT2D eigenvalue weighted by Gasteiger charge is 2.16. The molecule has 1 amide bonds. The molecule has 0 aliphatic carbocycles. The molecule has 3 N–H and O–H groups in total. The van der Waals surface area contributed by atoms with Crippen molar-refractivity contribution in [2.45, 2.75) is 32.0 Å². The molecule has 0 spiro atoms. The molecule has 3 rings (SSSR count). The van der Waals surface area contributed by atoms with Gasteiger partial charge < -0.3 is 25.4 Å². The topological polar surface area (TPSA) is 84.0 Å². The fourth-order valence-electron chi connectivity index (χ4n) is 3.31. The van der Waals surface area contributed by atoms with Crippen molar-refractivity contribution in [1.29, 1.82) is 0 Å². The molecule has 8 heteroatoms. The number of carbonyl (C=O) groups excluding carboxylic acids is 1. The third-order valence-electron chi connectivity index (χ3n) is 4.98. The van der Waals surface area contributed by atoms with E-state index in [2.05, 4.69) is 20.9 Å². The van der Waals surface area contributed by atoms with Gasteiger partial charge in [0.05, 0.1) is 13.2 Å². The van der Waals surface area contributed by atoms with Crippen molar-refractivity contribution in [2.75, 3.05) is 27.3 Å². The fourth-order valence-corrected chi connectivity index (χ4v) is 3.31. The minimum atomic E-state index is -0.0760. The van der Waals surface area contributed by atoms with Crippen LogP contribution in [0.5, 0.6) is 5.75 Å². The van der Waals surface area contributed by atoms with Crippen molar-refractivity contribution in [1.82, 2.24) is 16.0 Å². The predicted molar refractivity (Wildman–Crippen MR) is 133 cm³/mol. The first-order valence-electron chi connectivity index (χ1n) is 10.2. The lowest BCUT2D eigenvalue weighted by Crippen LogP contribution is -2.36. The third kappa shape index (κ3) is 8.02. The maximum absolute atomic E-state index is 12.4. The molecule has 0 saturated carbocycles. The minimum Gasteiger partial charge on any atom is -0.497 e. The molecule has 31 heavy (non-hydrogen) atoms. The monoisotopic (exact) mass is 538 g/mol. The van der Waals surface area contributed by atoms with Crippen molar-refractivity contribution in [3.63, 3.8) is 0 Å². The van der Waals surface area contributed by atoms with Crippen LogP contribution in [0.1, 0.15) is 34.3 Å². The van der Waals surface area contributed by atoms with Gasteiger partial charge in [-0.05, 0) is 48.2 Å². The first-order valence-corrected chi connectivity index (χ1v) is 10.2. The van der Waals surface area contributed by atoms with E-state index in [0.29, 0.717) is 31.2 Å². The first kappa shape index (κ1) is 24.9. The molecule has 1 heterocycles. The number of guanidine groups is 1. The van der Waals surface area contributed by atoms with Gasteiger partial charge in [0.2, 0.25) is 0 Å². The summed E-state index contributed by atoms with van der Waals surface area (Å²) < 4.78 is 10.8. The lowest BCUT2D eigenvalue weighted by Gasteiger charge is -2.14. The molecule has 1 aliphatic heterocycles. The quantitative estimate of drug-likeness (QED) is 0.274. The number of ether oxygens (including phenoxy) is 2. The molecule has 168 valence electrons. The summed E-state index contributed by atoms with van der Waals surface area (Å²) in [5, 5.41) is 9.53. The summed E-state index contributed by atoms with van der Waals surface area (Å²) in [5.74, 6) is 1.44. The van der Waals surface area contributed by atoms with Gasteiger partial charge in [-0.3, -0.25) is 9.79 Å². The van der Waals surface area contributed by atoms with Crippen LogP contribution >= 0.6 is 24.0 Å². The summed E-state index contributed by atoms with van der Waals surface area (Å²) in [4.78, 5) is 16.7. The Labute approximate surface area is 201 Å². The summed E-state index contributed by atoms with van der Waals surface area (Å²) in [7, 11) is 3.39. The Morgan fingerprint density at radius 1 is 1.10 bits per heavy atom. The number of carbonyl (C=O) groups is 1. The zero-order chi connectivity index (χ0) is 21.2. The second-order valence-electron chi connectivity index (χ2n) is 7.18. The van der Waals surface area contributed by atoms with Crippen molar-refractivity contribution in [3.8, 4) is 5.75 Å². The van der Waals surface area contributed by atoms with Gasteiger partial charge in [-0.25, -0.2) is 0 Å². The van der Waals surface area contributed by atoms with Gasteiger partial charge in [-0.2, -0.15) is 0 Å². The molecule has 1 aliphatic rings. The predicted octanol–water partition coefficient (Wildman–Crippen LogP) is 3.09. The van der Waals surface area contributed by atoms with Gasteiger partial charge in [-0.15, -0.1) is 24.0 Å². The highest BCUT2D eigenvalue weighted by Crippen LogP contribution is 2.13. The lowest BCUT2D eigenvalue weighted by atomic mass is 10.1. The van der Waals surface area contributed by atoms with Gasteiger partial charge in [0.1, 0.15) is 5.75 Å². The number of nitrogens with one attached hydrogen (secondary N) is 3. The summed E-state index contributed by atoms with van der Waals surface area (Å²) in [6.07, 6.45) is 2.21. The normalized spacial score (nSPS) is 15.7. The number of hydrogen-bond acceptors (Lipinski definition) is 4. The van der Waals surface area contributed by atoms with Gasteiger partial charge in [0.15, 0.2) is 5.96 Å². The maximum atomic E-state index is 12.4. The van der Waals surface area contributed by atoms with Crippen molar-refractivity contribution in [3.05, 3.63) is 65.2 Å². The molecule has 0 aromatic heterocycles. The van der Waals surface area contributed by atoms with Crippen LogP contribution in [0.15, 0.2) is 53.5 Å². The SMILES string of the molecule is CN=C(NCc1cccc(OC)c1)NCc1cccc(C(=O)NCC2CCCO2)c1.I. The van der Waals surface area contributed by atoms with Gasteiger partial charge in [0, 0.05) is 38.9 Å². The Balaban J connectivity index is 0.00000341. The Morgan fingerprint density at radius 2 is 1.81 bits per heavy atom. The van der Waals surface area contributed by atoms with Crippen LogP contribution in [0.2, 0.25) is 0 Å². The molecule has 1 fully saturated rings. The molecule has 7 nitrogen and oxygen atoms in total. The molecule has 0 radical (unpaired) electrons.